The number of hydrogen-bond donors (Lipinski definition) is 0. The van der Waals surface area contributed by atoms with Gasteiger partial charge in [0.15, 0.2) is 0 Å². The van der Waals surface area contributed by atoms with Crippen LogP contribution in [0.25, 0.3) is 0 Å². The van der Waals surface area contributed by atoms with Gasteiger partial charge in [0, 0.05) is 12.6 Å². The Bertz CT molecular complexity index is 493. The van der Waals surface area contributed by atoms with Gasteiger partial charge < -0.3 is 14.4 Å². The van der Waals surface area contributed by atoms with Crippen LogP contribution in [0.15, 0.2) is 18.2 Å². The van der Waals surface area contributed by atoms with Crippen molar-refractivity contribution in [2.24, 2.45) is 0 Å². The highest BCUT2D eigenvalue weighted by Crippen LogP contribution is 2.30. The summed E-state index contributed by atoms with van der Waals surface area (Å²) in [5, 5.41) is 8.88. The number of nitriles is 1. The van der Waals surface area contributed by atoms with Crippen molar-refractivity contribution in [2.45, 2.75) is 6.92 Å². The van der Waals surface area contributed by atoms with Crippen molar-refractivity contribution in [1.82, 2.24) is 0 Å². The van der Waals surface area contributed by atoms with Gasteiger partial charge >= 0.3 is 0 Å². The van der Waals surface area contributed by atoms with E-state index >= 15 is 0 Å². The summed E-state index contributed by atoms with van der Waals surface area (Å²) in [5.74, 6) is 0.471. The second-order valence-electron chi connectivity index (χ2n) is 3.83. The molecule has 0 radical (unpaired) electrons. The summed E-state index contributed by atoms with van der Waals surface area (Å²) in [6.07, 6.45) is 0. The first-order valence-corrected chi connectivity index (χ1v) is 5.81. The minimum Gasteiger partial charge on any atom is -0.492 e. The molecule has 1 amide bonds. The van der Waals surface area contributed by atoms with E-state index < -0.39 is 0 Å². The molecule has 5 nitrogen and oxygen atoms in total. The smallest absolute Gasteiger partial charge is 0.253 e. The summed E-state index contributed by atoms with van der Waals surface area (Å²) in [6, 6.07) is 7.14. The zero-order valence-corrected chi connectivity index (χ0v) is 10.2. The maximum Gasteiger partial charge on any atom is 0.253 e. The van der Waals surface area contributed by atoms with E-state index in [9.17, 15) is 4.79 Å². The summed E-state index contributed by atoms with van der Waals surface area (Å²) >= 11 is 0. The Kier molecular flexibility index (Phi) is 3.80. The summed E-state index contributed by atoms with van der Waals surface area (Å²) in [5.41, 5.74) is 1.21. The fraction of sp³-hybridized carbons (Fsp3) is 0.385. The van der Waals surface area contributed by atoms with E-state index in [1.54, 1.807) is 23.1 Å². The van der Waals surface area contributed by atoms with Crippen LogP contribution < -0.4 is 9.64 Å². The first kappa shape index (κ1) is 12.4. The van der Waals surface area contributed by atoms with Crippen LogP contribution in [0.4, 0.5) is 5.69 Å². The van der Waals surface area contributed by atoms with E-state index in [0.29, 0.717) is 36.8 Å². The molecule has 0 aromatic heterocycles. The number of anilines is 1. The van der Waals surface area contributed by atoms with Crippen LogP contribution in [0.3, 0.4) is 0 Å². The van der Waals surface area contributed by atoms with Gasteiger partial charge in [0.05, 0.1) is 30.5 Å². The van der Waals surface area contributed by atoms with Crippen LogP contribution in [0.2, 0.25) is 0 Å². The quantitative estimate of drug-likeness (QED) is 0.807. The Morgan fingerprint density at radius 2 is 2.39 bits per heavy atom. The highest BCUT2D eigenvalue weighted by molar-refractivity contribution is 5.96. The SMILES string of the molecule is CCOc1cc(C#N)ccc1N1CCOCC1=O. The molecule has 2 rings (SSSR count). The van der Waals surface area contributed by atoms with Crippen molar-refractivity contribution in [3.63, 3.8) is 0 Å². The number of carbonyl (C=O) groups is 1. The Labute approximate surface area is 106 Å². The number of nitrogens with zero attached hydrogens (tertiary/aromatic N) is 2. The Balaban J connectivity index is 2.36. The van der Waals surface area contributed by atoms with E-state index in [1.807, 2.05) is 6.92 Å². The van der Waals surface area contributed by atoms with Gasteiger partial charge in [-0.3, -0.25) is 4.79 Å². The molecule has 1 aliphatic heterocycles. The maximum atomic E-state index is 11.8. The number of hydrogen-bond acceptors (Lipinski definition) is 4. The number of ether oxygens (including phenoxy) is 2. The topological polar surface area (TPSA) is 62.6 Å². The second-order valence-corrected chi connectivity index (χ2v) is 3.83. The summed E-state index contributed by atoms with van der Waals surface area (Å²) in [4.78, 5) is 13.4. The van der Waals surface area contributed by atoms with Crippen LogP contribution in [-0.4, -0.2) is 32.3 Å². The highest BCUT2D eigenvalue weighted by atomic mass is 16.5. The van der Waals surface area contributed by atoms with E-state index in [2.05, 4.69) is 6.07 Å². The number of amides is 1. The Hall–Kier alpha value is -2.06. The zero-order valence-electron chi connectivity index (χ0n) is 10.2. The molecule has 0 bridgehead atoms. The predicted molar refractivity (Wildman–Crippen MR) is 65.5 cm³/mol. The van der Waals surface area contributed by atoms with Crippen molar-refractivity contribution in [1.29, 1.82) is 5.26 Å². The number of benzene rings is 1. The molecule has 0 spiro atoms. The van der Waals surface area contributed by atoms with Crippen LogP contribution in [0.1, 0.15) is 12.5 Å². The van der Waals surface area contributed by atoms with Crippen LogP contribution in [-0.2, 0) is 9.53 Å². The average Bonchev–Trinajstić information content (AvgIpc) is 2.40. The van der Waals surface area contributed by atoms with E-state index in [1.165, 1.54) is 0 Å². The third-order valence-electron chi connectivity index (χ3n) is 2.67. The number of morpholine rings is 1. The van der Waals surface area contributed by atoms with Crippen molar-refractivity contribution in [2.75, 3.05) is 31.3 Å². The average molecular weight is 246 g/mol. The zero-order chi connectivity index (χ0) is 13.0. The fourth-order valence-electron chi connectivity index (χ4n) is 1.85. The minimum absolute atomic E-state index is 0.0889. The van der Waals surface area contributed by atoms with Crippen molar-refractivity contribution in [3.05, 3.63) is 23.8 Å². The molecule has 94 valence electrons. The monoisotopic (exact) mass is 246 g/mol. The van der Waals surface area contributed by atoms with Gasteiger partial charge in [0.25, 0.3) is 5.91 Å². The largest absolute Gasteiger partial charge is 0.492 e. The minimum atomic E-state index is -0.0908. The molecule has 1 heterocycles. The first-order chi connectivity index (χ1) is 8.76. The van der Waals surface area contributed by atoms with Gasteiger partial charge in [-0.2, -0.15) is 5.26 Å². The van der Waals surface area contributed by atoms with Crippen molar-refractivity contribution >= 4 is 11.6 Å². The summed E-state index contributed by atoms with van der Waals surface area (Å²) < 4.78 is 10.6. The molecule has 1 aliphatic rings. The van der Waals surface area contributed by atoms with E-state index in [-0.39, 0.29) is 12.5 Å². The summed E-state index contributed by atoms with van der Waals surface area (Å²) in [7, 11) is 0. The lowest BCUT2D eigenvalue weighted by Gasteiger charge is -2.28. The maximum absolute atomic E-state index is 11.8. The van der Waals surface area contributed by atoms with Crippen molar-refractivity contribution < 1.29 is 14.3 Å². The molecule has 1 fully saturated rings. The summed E-state index contributed by atoms with van der Waals surface area (Å²) in [6.45, 7) is 3.46. The van der Waals surface area contributed by atoms with Gasteiger partial charge in [-0.15, -0.1) is 0 Å². The lowest BCUT2D eigenvalue weighted by molar-refractivity contribution is -0.125. The second kappa shape index (κ2) is 5.52. The number of rotatable bonds is 3. The molecule has 0 aliphatic carbocycles. The van der Waals surface area contributed by atoms with Gasteiger partial charge in [0.1, 0.15) is 12.4 Å². The normalized spacial score (nSPS) is 15.3. The lowest BCUT2D eigenvalue weighted by Crippen LogP contribution is -2.41. The molecule has 1 aromatic rings. The molecule has 1 aromatic carbocycles. The molecule has 1 saturated heterocycles. The van der Waals surface area contributed by atoms with Gasteiger partial charge in [-0.05, 0) is 19.1 Å². The number of carbonyl (C=O) groups excluding carboxylic acids is 1. The third kappa shape index (κ3) is 2.44. The first-order valence-electron chi connectivity index (χ1n) is 5.81. The van der Waals surface area contributed by atoms with E-state index in [4.69, 9.17) is 14.7 Å². The Morgan fingerprint density at radius 1 is 1.56 bits per heavy atom. The molecule has 0 unspecified atom stereocenters. The molecule has 0 atom stereocenters. The Morgan fingerprint density at radius 3 is 3.06 bits per heavy atom. The van der Waals surface area contributed by atoms with Gasteiger partial charge in [-0.25, -0.2) is 0 Å². The van der Waals surface area contributed by atoms with Crippen LogP contribution in [0, 0.1) is 11.3 Å². The standard InChI is InChI=1S/C13H14N2O3/c1-2-18-12-7-10(8-14)3-4-11(12)15-5-6-17-9-13(15)16/h3-4,7H,2,5-6,9H2,1H3. The van der Waals surface area contributed by atoms with Crippen molar-refractivity contribution in [3.8, 4) is 11.8 Å². The van der Waals surface area contributed by atoms with Crippen LogP contribution in [0.5, 0.6) is 5.75 Å². The predicted octanol–water partition coefficient (Wildman–Crippen LogP) is 1.32. The molecule has 0 saturated carbocycles. The molecule has 0 N–H and O–H groups in total. The molecule has 5 heteroatoms. The lowest BCUT2D eigenvalue weighted by atomic mass is 10.2. The van der Waals surface area contributed by atoms with Gasteiger partial charge in [0.2, 0.25) is 0 Å². The third-order valence-corrected chi connectivity index (χ3v) is 2.67. The molecular weight excluding hydrogens is 232 g/mol. The van der Waals surface area contributed by atoms with Crippen LogP contribution >= 0.6 is 0 Å². The molecular formula is C13H14N2O3. The van der Waals surface area contributed by atoms with Gasteiger partial charge in [-0.1, -0.05) is 0 Å². The fourth-order valence-corrected chi connectivity index (χ4v) is 1.85. The molecule has 18 heavy (non-hydrogen) atoms. The highest BCUT2D eigenvalue weighted by Gasteiger charge is 2.23. The van der Waals surface area contributed by atoms with E-state index in [0.717, 1.165) is 0 Å².